The van der Waals surface area contributed by atoms with Crippen molar-refractivity contribution in [3.63, 3.8) is 0 Å². The highest BCUT2D eigenvalue weighted by molar-refractivity contribution is 7.87. The van der Waals surface area contributed by atoms with E-state index in [1.807, 2.05) is 0 Å². The molecule has 0 unspecified atom stereocenters. The zero-order valence-electron chi connectivity index (χ0n) is 17.5. The summed E-state index contributed by atoms with van der Waals surface area (Å²) in [5.74, 6) is 0.656. The molecular formula is C20H20ClN7O4S. The van der Waals surface area contributed by atoms with E-state index < -0.39 is 10.2 Å². The molecule has 1 aromatic carbocycles. The number of aromatic hydroxyl groups is 1. The van der Waals surface area contributed by atoms with Crippen molar-refractivity contribution in [2.75, 3.05) is 38.5 Å². The summed E-state index contributed by atoms with van der Waals surface area (Å²) in [6.45, 7) is 1.57. The lowest BCUT2D eigenvalue weighted by Gasteiger charge is -2.16. The van der Waals surface area contributed by atoms with Crippen LogP contribution in [0.3, 0.4) is 0 Å². The van der Waals surface area contributed by atoms with Gasteiger partial charge < -0.3 is 14.8 Å². The number of phenolic OH excluding ortho intramolecular Hbond substituents is 1. The average Bonchev–Trinajstić information content (AvgIpc) is 3.45. The molecule has 0 radical (unpaired) electrons. The van der Waals surface area contributed by atoms with Gasteiger partial charge >= 0.3 is 5.84 Å². The fourth-order valence-electron chi connectivity index (χ4n) is 3.67. The van der Waals surface area contributed by atoms with Crippen LogP contribution in [0.25, 0.3) is 28.5 Å². The molecule has 4 aromatic rings. The molecule has 11 nitrogen and oxygen atoms in total. The maximum Gasteiger partial charge on any atom is 0.306 e. The van der Waals surface area contributed by atoms with Crippen molar-refractivity contribution in [3.05, 3.63) is 47.9 Å². The third kappa shape index (κ3) is 3.91. The van der Waals surface area contributed by atoms with Gasteiger partial charge in [-0.25, -0.2) is 9.97 Å². The number of imidazole rings is 1. The Bertz CT molecular complexity index is 1440. The molecule has 33 heavy (non-hydrogen) atoms. The highest BCUT2D eigenvalue weighted by Gasteiger charge is 2.33. The Kier molecular flexibility index (Phi) is 5.44. The van der Waals surface area contributed by atoms with Crippen molar-refractivity contribution in [1.29, 1.82) is 0 Å². The molecule has 0 saturated carbocycles. The number of likely N-dealkylation sites (N-methyl/N-ethyl adjacent to an activating group) is 1. The molecule has 0 atom stereocenters. The fraction of sp³-hybridized carbons (Fsp3) is 0.250. The first-order valence-corrected chi connectivity index (χ1v) is 11.9. The topological polar surface area (TPSA) is 129 Å². The molecule has 1 aliphatic rings. The summed E-state index contributed by atoms with van der Waals surface area (Å²) >= 11 is 5.96. The predicted molar refractivity (Wildman–Crippen MR) is 122 cm³/mol. The van der Waals surface area contributed by atoms with E-state index in [4.69, 9.17) is 16.0 Å². The molecule has 2 N–H and O–H groups in total. The zero-order chi connectivity index (χ0) is 23.2. The zero-order valence-corrected chi connectivity index (χ0v) is 19.1. The van der Waals surface area contributed by atoms with Gasteiger partial charge in [-0.1, -0.05) is 17.7 Å². The van der Waals surface area contributed by atoms with Gasteiger partial charge in [0, 0.05) is 51.2 Å². The number of fused-ring (bicyclic) bond motifs is 1. The second kappa shape index (κ2) is 8.30. The summed E-state index contributed by atoms with van der Waals surface area (Å²) in [5, 5.41) is 13.4. The van der Waals surface area contributed by atoms with Gasteiger partial charge in [0.15, 0.2) is 0 Å². The van der Waals surface area contributed by atoms with Gasteiger partial charge in [0.1, 0.15) is 23.4 Å². The van der Waals surface area contributed by atoms with Crippen LogP contribution in [0.5, 0.6) is 5.75 Å². The normalized spacial score (nSPS) is 16.5. The number of oxazole rings is 1. The molecule has 0 spiro atoms. The van der Waals surface area contributed by atoms with Gasteiger partial charge in [-0.15, -0.1) is 0 Å². The standard InChI is InChI=1S/C20H20ClN7O4S/c1-26-8-9-27(33(26,30)31)7-6-23-19-22-5-4-15(24-19)18-17(25-20-28(18)10-11-32-20)13-2-3-14(21)16(29)12-13/h2-5,10-12,29H,6-9H2,1H3,(H,22,23,24). The lowest BCUT2D eigenvalue weighted by Crippen LogP contribution is -2.34. The second-order valence-electron chi connectivity index (χ2n) is 7.45. The Morgan fingerprint density at radius 1 is 1.24 bits per heavy atom. The van der Waals surface area contributed by atoms with Crippen LogP contribution in [0.2, 0.25) is 5.02 Å². The van der Waals surface area contributed by atoms with Crippen LogP contribution in [0.15, 0.2) is 47.3 Å². The minimum Gasteiger partial charge on any atom is -0.506 e. The smallest absolute Gasteiger partial charge is 0.306 e. The highest BCUT2D eigenvalue weighted by Crippen LogP contribution is 2.35. The molecule has 1 aliphatic heterocycles. The molecule has 0 bridgehead atoms. The van der Waals surface area contributed by atoms with Crippen LogP contribution in [0.1, 0.15) is 0 Å². The first-order valence-electron chi connectivity index (χ1n) is 10.1. The van der Waals surface area contributed by atoms with Crippen LogP contribution in [0.4, 0.5) is 5.95 Å². The lowest BCUT2D eigenvalue weighted by molar-refractivity contribution is 0.459. The van der Waals surface area contributed by atoms with Gasteiger partial charge in [0.2, 0.25) is 5.95 Å². The number of hydrogen-bond acceptors (Lipinski definition) is 8. The van der Waals surface area contributed by atoms with E-state index in [0.29, 0.717) is 60.6 Å². The monoisotopic (exact) mass is 489 g/mol. The van der Waals surface area contributed by atoms with E-state index in [0.717, 1.165) is 0 Å². The van der Waals surface area contributed by atoms with Gasteiger partial charge in [-0.2, -0.15) is 22.0 Å². The van der Waals surface area contributed by atoms with Crippen molar-refractivity contribution in [3.8, 4) is 28.4 Å². The van der Waals surface area contributed by atoms with E-state index in [1.54, 1.807) is 42.0 Å². The van der Waals surface area contributed by atoms with Gasteiger partial charge in [0.25, 0.3) is 10.2 Å². The minimum atomic E-state index is -3.39. The SMILES string of the molecule is CN1CCN(CCNc2nccc(-c3c(-c4ccc(Cl)c(O)c4)nc4occn34)n2)S1(=O)=O. The number of hydrogen-bond donors (Lipinski definition) is 2. The van der Waals surface area contributed by atoms with Gasteiger partial charge in [-0.05, 0) is 18.2 Å². The predicted octanol–water partition coefficient (Wildman–Crippen LogP) is 2.31. The van der Waals surface area contributed by atoms with Gasteiger partial charge in [-0.3, -0.25) is 4.40 Å². The summed E-state index contributed by atoms with van der Waals surface area (Å²) in [6.07, 6.45) is 4.84. The third-order valence-electron chi connectivity index (χ3n) is 5.41. The molecule has 0 amide bonds. The van der Waals surface area contributed by atoms with E-state index in [2.05, 4.69) is 20.3 Å². The number of nitrogens with zero attached hydrogens (tertiary/aromatic N) is 6. The fourth-order valence-corrected chi connectivity index (χ4v) is 5.13. The van der Waals surface area contributed by atoms with Crippen LogP contribution < -0.4 is 5.32 Å². The molecule has 1 fully saturated rings. The summed E-state index contributed by atoms with van der Waals surface area (Å²) in [5.41, 5.74) is 2.41. The van der Waals surface area contributed by atoms with Crippen LogP contribution in [0, 0.1) is 0 Å². The number of benzene rings is 1. The summed E-state index contributed by atoms with van der Waals surface area (Å²) in [4.78, 5) is 13.4. The van der Waals surface area contributed by atoms with Crippen LogP contribution in [-0.4, -0.2) is 74.7 Å². The first kappa shape index (κ1) is 21.6. The van der Waals surface area contributed by atoms with Gasteiger partial charge in [0.05, 0.1) is 10.7 Å². The Hall–Kier alpha value is -3.19. The van der Waals surface area contributed by atoms with Crippen molar-refractivity contribution in [2.24, 2.45) is 0 Å². The Labute approximate surface area is 194 Å². The quantitative estimate of drug-likeness (QED) is 0.422. The molecule has 3 aromatic heterocycles. The van der Waals surface area contributed by atoms with Crippen molar-refractivity contribution >= 4 is 33.6 Å². The summed E-state index contributed by atoms with van der Waals surface area (Å²) in [7, 11) is -1.83. The highest BCUT2D eigenvalue weighted by atomic mass is 35.5. The number of phenols is 1. The van der Waals surface area contributed by atoms with E-state index >= 15 is 0 Å². The van der Waals surface area contributed by atoms with E-state index in [9.17, 15) is 13.5 Å². The molecular weight excluding hydrogens is 470 g/mol. The average molecular weight is 490 g/mol. The molecule has 5 rings (SSSR count). The third-order valence-corrected chi connectivity index (χ3v) is 7.72. The number of rotatable bonds is 6. The summed E-state index contributed by atoms with van der Waals surface area (Å²) < 4.78 is 34.4. The van der Waals surface area contributed by atoms with E-state index in [-0.39, 0.29) is 10.8 Å². The Morgan fingerprint density at radius 2 is 2.09 bits per heavy atom. The van der Waals surface area contributed by atoms with E-state index in [1.165, 1.54) is 20.9 Å². The molecule has 1 saturated heterocycles. The van der Waals surface area contributed by atoms with Crippen LogP contribution >= 0.6 is 11.6 Å². The second-order valence-corrected chi connectivity index (χ2v) is 9.89. The molecule has 4 heterocycles. The number of nitrogens with one attached hydrogen (secondary N) is 1. The van der Waals surface area contributed by atoms with Crippen LogP contribution in [-0.2, 0) is 10.2 Å². The first-order chi connectivity index (χ1) is 15.8. The number of aromatic nitrogens is 4. The Morgan fingerprint density at radius 3 is 2.85 bits per heavy atom. The maximum atomic E-state index is 12.2. The number of anilines is 1. The maximum absolute atomic E-state index is 12.2. The summed E-state index contributed by atoms with van der Waals surface area (Å²) in [6, 6.07) is 6.61. The number of halogens is 1. The largest absolute Gasteiger partial charge is 0.506 e. The molecule has 172 valence electrons. The molecule has 13 heteroatoms. The lowest BCUT2D eigenvalue weighted by atomic mass is 10.1. The molecule has 0 aliphatic carbocycles. The van der Waals surface area contributed by atoms with Crippen molar-refractivity contribution in [2.45, 2.75) is 0 Å². The Balaban J connectivity index is 1.43. The van der Waals surface area contributed by atoms with Crippen molar-refractivity contribution < 1.29 is 17.9 Å². The van der Waals surface area contributed by atoms with Crippen molar-refractivity contribution in [1.82, 2.24) is 28.0 Å². The minimum absolute atomic E-state index is 0.0581.